The molecule has 0 radical (unpaired) electrons. The maximum Gasteiger partial charge on any atom is 0.317 e. The zero-order valence-corrected chi connectivity index (χ0v) is 15.7. The maximum absolute atomic E-state index is 12.4. The van der Waals surface area contributed by atoms with Crippen molar-refractivity contribution in [1.29, 1.82) is 0 Å². The zero-order chi connectivity index (χ0) is 18.5. The van der Waals surface area contributed by atoms with Gasteiger partial charge in [-0.1, -0.05) is 25.0 Å². The summed E-state index contributed by atoms with van der Waals surface area (Å²) in [5.41, 5.74) is 0.995. The fraction of sp³-hybridized carbons (Fsp3) is 0.600. The number of benzene rings is 1. The van der Waals surface area contributed by atoms with E-state index in [1.807, 2.05) is 24.3 Å². The second kappa shape index (κ2) is 8.43. The van der Waals surface area contributed by atoms with Crippen LogP contribution < -0.4 is 10.1 Å². The third-order valence-corrected chi connectivity index (χ3v) is 5.46. The van der Waals surface area contributed by atoms with Gasteiger partial charge in [0.05, 0.1) is 7.11 Å². The molecule has 1 heterocycles. The largest absolute Gasteiger partial charge is 0.497 e. The van der Waals surface area contributed by atoms with Crippen LogP contribution in [-0.4, -0.2) is 55.0 Å². The van der Waals surface area contributed by atoms with Gasteiger partial charge in [0, 0.05) is 45.1 Å². The lowest BCUT2D eigenvalue weighted by Crippen LogP contribution is -2.40. The minimum atomic E-state index is -0.111. The Kier molecular flexibility index (Phi) is 6.01. The van der Waals surface area contributed by atoms with E-state index in [0.717, 1.165) is 30.7 Å². The Hall–Kier alpha value is -2.24. The van der Waals surface area contributed by atoms with Crippen molar-refractivity contribution in [2.24, 2.45) is 5.92 Å². The van der Waals surface area contributed by atoms with E-state index in [-0.39, 0.29) is 17.9 Å². The average Bonchev–Trinajstić information content (AvgIpc) is 3.29. The first-order valence-electron chi connectivity index (χ1n) is 9.48. The number of ether oxygens (including phenoxy) is 1. The molecule has 1 saturated heterocycles. The summed E-state index contributed by atoms with van der Waals surface area (Å²) in [4.78, 5) is 28.4. The van der Waals surface area contributed by atoms with E-state index in [4.69, 9.17) is 4.74 Å². The Bertz CT molecular complexity index is 643. The zero-order valence-electron chi connectivity index (χ0n) is 15.7. The third kappa shape index (κ3) is 4.48. The van der Waals surface area contributed by atoms with Crippen LogP contribution in [0.3, 0.4) is 0 Å². The van der Waals surface area contributed by atoms with Gasteiger partial charge in [0.2, 0.25) is 5.91 Å². The first-order chi connectivity index (χ1) is 12.6. The van der Waals surface area contributed by atoms with Gasteiger partial charge in [0.1, 0.15) is 5.75 Å². The van der Waals surface area contributed by atoms with Gasteiger partial charge in [-0.25, -0.2) is 4.79 Å². The fourth-order valence-corrected chi connectivity index (χ4v) is 4.06. The molecule has 1 aromatic carbocycles. The van der Waals surface area contributed by atoms with Crippen LogP contribution >= 0.6 is 0 Å². The lowest BCUT2D eigenvalue weighted by atomic mass is 10.1. The molecule has 6 nitrogen and oxygen atoms in total. The molecule has 3 rings (SSSR count). The van der Waals surface area contributed by atoms with Crippen molar-refractivity contribution in [3.05, 3.63) is 29.8 Å². The van der Waals surface area contributed by atoms with Gasteiger partial charge in [-0.15, -0.1) is 0 Å². The number of nitrogens with zero attached hydrogens (tertiary/aromatic N) is 2. The summed E-state index contributed by atoms with van der Waals surface area (Å²) in [5.74, 6) is 1.27. The fourth-order valence-electron chi connectivity index (χ4n) is 4.06. The first kappa shape index (κ1) is 18.5. The normalized spacial score (nSPS) is 20.5. The number of methoxy groups -OCH3 is 1. The van der Waals surface area contributed by atoms with E-state index < -0.39 is 0 Å². The monoisotopic (exact) mass is 359 g/mol. The molecular formula is C20H29N3O3. The van der Waals surface area contributed by atoms with Crippen LogP contribution in [-0.2, 0) is 11.3 Å². The Morgan fingerprint density at radius 1 is 1.35 bits per heavy atom. The summed E-state index contributed by atoms with van der Waals surface area (Å²) >= 11 is 0. The predicted molar refractivity (Wildman–Crippen MR) is 99.9 cm³/mol. The molecule has 1 saturated carbocycles. The molecule has 1 unspecified atom stereocenters. The molecule has 142 valence electrons. The van der Waals surface area contributed by atoms with Crippen molar-refractivity contribution in [1.82, 2.24) is 15.1 Å². The standard InChI is InChI=1S/C20H29N3O3/c1-22(20(25)21-12-15-6-5-9-18(10-15)26-2)13-16-11-19(24)23(14-16)17-7-3-4-8-17/h5-6,9-10,16-17H,3-4,7-8,11-14H2,1-2H3,(H,21,25). The number of nitrogens with one attached hydrogen (secondary N) is 1. The summed E-state index contributed by atoms with van der Waals surface area (Å²) in [6.07, 6.45) is 5.28. The molecule has 26 heavy (non-hydrogen) atoms. The van der Waals surface area contributed by atoms with E-state index in [2.05, 4.69) is 10.2 Å². The molecule has 1 N–H and O–H groups in total. The highest BCUT2D eigenvalue weighted by molar-refractivity contribution is 5.79. The molecule has 0 bridgehead atoms. The van der Waals surface area contributed by atoms with E-state index >= 15 is 0 Å². The summed E-state index contributed by atoms with van der Waals surface area (Å²) in [7, 11) is 3.42. The van der Waals surface area contributed by atoms with Crippen LogP contribution in [0.15, 0.2) is 24.3 Å². The molecule has 1 aliphatic heterocycles. The second-order valence-electron chi connectivity index (χ2n) is 7.45. The highest BCUT2D eigenvalue weighted by Crippen LogP contribution is 2.29. The van der Waals surface area contributed by atoms with E-state index in [1.165, 1.54) is 12.8 Å². The number of likely N-dealkylation sites (tertiary alicyclic amines) is 1. The quantitative estimate of drug-likeness (QED) is 0.849. The Morgan fingerprint density at radius 2 is 2.12 bits per heavy atom. The first-order valence-corrected chi connectivity index (χ1v) is 9.48. The number of carbonyl (C=O) groups is 2. The SMILES string of the molecule is COc1cccc(CNC(=O)N(C)CC2CC(=O)N(C3CCCC3)C2)c1. The molecule has 2 fully saturated rings. The van der Waals surface area contributed by atoms with Crippen molar-refractivity contribution < 1.29 is 14.3 Å². The van der Waals surface area contributed by atoms with E-state index in [9.17, 15) is 9.59 Å². The van der Waals surface area contributed by atoms with Gasteiger partial charge in [-0.3, -0.25) is 4.79 Å². The van der Waals surface area contributed by atoms with Gasteiger partial charge < -0.3 is 19.9 Å². The molecule has 6 heteroatoms. The molecule has 1 atom stereocenters. The number of urea groups is 1. The minimum absolute atomic E-state index is 0.111. The highest BCUT2D eigenvalue weighted by Gasteiger charge is 2.36. The van der Waals surface area contributed by atoms with Crippen molar-refractivity contribution >= 4 is 11.9 Å². The molecule has 0 spiro atoms. The Labute approximate surface area is 155 Å². The third-order valence-electron chi connectivity index (χ3n) is 5.46. The molecule has 3 amide bonds. The summed E-state index contributed by atoms with van der Waals surface area (Å²) in [6, 6.07) is 7.98. The van der Waals surface area contributed by atoms with Crippen LogP contribution in [0.4, 0.5) is 4.79 Å². The average molecular weight is 359 g/mol. The number of rotatable bonds is 6. The number of hydrogen-bond acceptors (Lipinski definition) is 3. The topological polar surface area (TPSA) is 61.9 Å². The second-order valence-corrected chi connectivity index (χ2v) is 7.45. The van der Waals surface area contributed by atoms with Crippen LogP contribution in [0, 0.1) is 5.92 Å². The summed E-state index contributed by atoms with van der Waals surface area (Å²) in [5, 5.41) is 2.93. The Morgan fingerprint density at radius 3 is 2.85 bits per heavy atom. The van der Waals surface area contributed by atoms with Gasteiger partial charge in [-0.2, -0.15) is 0 Å². The van der Waals surface area contributed by atoms with Crippen molar-refractivity contribution in [2.75, 3.05) is 27.2 Å². The van der Waals surface area contributed by atoms with Crippen molar-refractivity contribution in [3.63, 3.8) is 0 Å². The minimum Gasteiger partial charge on any atom is -0.497 e. The number of carbonyl (C=O) groups excluding carboxylic acids is 2. The lowest BCUT2D eigenvalue weighted by molar-refractivity contribution is -0.129. The Balaban J connectivity index is 1.46. The molecule has 1 aromatic rings. The number of hydrogen-bond donors (Lipinski definition) is 1. The van der Waals surface area contributed by atoms with Crippen LogP contribution in [0.25, 0.3) is 0 Å². The smallest absolute Gasteiger partial charge is 0.317 e. The van der Waals surface area contributed by atoms with Gasteiger partial charge in [-0.05, 0) is 30.5 Å². The lowest BCUT2D eigenvalue weighted by Gasteiger charge is -2.25. The van der Waals surface area contributed by atoms with Crippen LogP contribution in [0.2, 0.25) is 0 Å². The maximum atomic E-state index is 12.4. The van der Waals surface area contributed by atoms with Crippen molar-refractivity contribution in [3.8, 4) is 5.75 Å². The van der Waals surface area contributed by atoms with Crippen molar-refractivity contribution in [2.45, 2.75) is 44.7 Å². The highest BCUT2D eigenvalue weighted by atomic mass is 16.5. The molecule has 2 aliphatic rings. The van der Waals surface area contributed by atoms with E-state index in [1.54, 1.807) is 19.1 Å². The van der Waals surface area contributed by atoms with Crippen LogP contribution in [0.1, 0.15) is 37.7 Å². The van der Waals surface area contributed by atoms with Gasteiger partial charge in [0.25, 0.3) is 0 Å². The molecular weight excluding hydrogens is 330 g/mol. The van der Waals surface area contributed by atoms with E-state index in [0.29, 0.717) is 25.6 Å². The molecule has 0 aromatic heterocycles. The van der Waals surface area contributed by atoms with Gasteiger partial charge >= 0.3 is 6.03 Å². The summed E-state index contributed by atoms with van der Waals surface area (Å²) in [6.45, 7) is 1.86. The number of amides is 3. The van der Waals surface area contributed by atoms with Crippen LogP contribution in [0.5, 0.6) is 5.75 Å². The molecule has 1 aliphatic carbocycles. The predicted octanol–water partition coefficient (Wildman–Crippen LogP) is 2.63. The van der Waals surface area contributed by atoms with Gasteiger partial charge in [0.15, 0.2) is 0 Å². The summed E-state index contributed by atoms with van der Waals surface area (Å²) < 4.78 is 5.20.